The Morgan fingerprint density at radius 3 is 2.41 bits per heavy atom. The molecule has 7 atom stereocenters. The molecule has 4 heteroatoms. The Morgan fingerprint density at radius 2 is 1.74 bits per heavy atom. The molecule has 4 nitrogen and oxygen atoms in total. The lowest BCUT2D eigenvalue weighted by Gasteiger charge is -2.60. The number of Topliss-reactive ketones (excluding diaryl/α,β-unsaturated/α-hetero) is 1. The second-order valence-corrected chi connectivity index (χ2v) is 12.4. The number of aliphatic hydroxyl groups is 1. The molecule has 4 aliphatic rings. The predicted octanol–water partition coefficient (Wildman–Crippen LogP) is 6.46. The smallest absolute Gasteiger partial charge is 0.169 e. The number of methoxy groups -OCH3 is 1. The molecule has 0 amide bonds. The van der Waals surface area contributed by atoms with E-state index in [1.807, 2.05) is 31.2 Å². The molecule has 0 radical (unpaired) electrons. The number of rotatable bonds is 5. The highest BCUT2D eigenvalue weighted by molar-refractivity contribution is 5.83. The van der Waals surface area contributed by atoms with Crippen molar-refractivity contribution in [2.75, 3.05) is 7.11 Å². The molecule has 1 N–H and O–H groups in total. The van der Waals surface area contributed by atoms with Gasteiger partial charge in [0.05, 0.1) is 13.7 Å². The number of ketones is 1. The minimum Gasteiger partial charge on any atom is -0.497 e. The van der Waals surface area contributed by atoms with Gasteiger partial charge in [0.15, 0.2) is 5.79 Å². The first kappa shape index (κ1) is 24.1. The molecule has 3 fully saturated rings. The summed E-state index contributed by atoms with van der Waals surface area (Å²) in [6, 6.07) is 7.85. The Labute approximate surface area is 205 Å². The monoisotopic (exact) mass is 466 g/mol. The average molecular weight is 467 g/mol. The summed E-state index contributed by atoms with van der Waals surface area (Å²) in [5.41, 5.74) is 2.53. The van der Waals surface area contributed by atoms with Gasteiger partial charge in [-0.1, -0.05) is 44.6 Å². The number of carbonyl (C=O) groups excluding carboxylic acids is 1. The molecule has 34 heavy (non-hydrogen) atoms. The van der Waals surface area contributed by atoms with E-state index in [4.69, 9.17) is 9.47 Å². The van der Waals surface area contributed by atoms with Crippen molar-refractivity contribution in [3.8, 4) is 5.75 Å². The Balaban J connectivity index is 1.32. The lowest BCUT2D eigenvalue weighted by atomic mass is 9.45. The second-order valence-electron chi connectivity index (χ2n) is 12.4. The highest BCUT2D eigenvalue weighted by Gasteiger charge is 2.64. The lowest BCUT2D eigenvalue weighted by molar-refractivity contribution is -0.231. The molecule has 3 saturated carbocycles. The van der Waals surface area contributed by atoms with Gasteiger partial charge in [-0.15, -0.1) is 0 Å². The number of benzene rings is 1. The van der Waals surface area contributed by atoms with Crippen molar-refractivity contribution in [1.29, 1.82) is 0 Å². The van der Waals surface area contributed by atoms with Gasteiger partial charge in [-0.25, -0.2) is 0 Å². The van der Waals surface area contributed by atoms with E-state index in [9.17, 15) is 9.90 Å². The fourth-order valence-electron chi connectivity index (χ4n) is 8.53. The summed E-state index contributed by atoms with van der Waals surface area (Å²) in [5, 5.41) is 11.4. The Kier molecular flexibility index (Phi) is 5.80. The third kappa shape index (κ3) is 3.51. The topological polar surface area (TPSA) is 55.8 Å². The summed E-state index contributed by atoms with van der Waals surface area (Å²) in [6.07, 6.45) is 10.3. The van der Waals surface area contributed by atoms with Gasteiger partial charge in [-0.05, 0) is 91.7 Å². The zero-order valence-electron chi connectivity index (χ0n) is 21.7. The first-order valence-electron chi connectivity index (χ1n) is 13.2. The molecule has 0 aliphatic heterocycles. The zero-order valence-corrected chi connectivity index (χ0v) is 21.7. The normalized spacial score (nSPS) is 43.4. The van der Waals surface area contributed by atoms with Crippen LogP contribution in [0.1, 0.15) is 84.6 Å². The van der Waals surface area contributed by atoms with Gasteiger partial charge in [-0.2, -0.15) is 0 Å². The van der Waals surface area contributed by atoms with Gasteiger partial charge in [0.25, 0.3) is 0 Å². The summed E-state index contributed by atoms with van der Waals surface area (Å²) in [7, 11) is 1.66. The van der Waals surface area contributed by atoms with Crippen LogP contribution in [0.15, 0.2) is 35.9 Å². The number of hydrogen-bond donors (Lipinski definition) is 1. The van der Waals surface area contributed by atoms with Crippen LogP contribution < -0.4 is 4.74 Å². The van der Waals surface area contributed by atoms with Crippen LogP contribution in [-0.4, -0.2) is 23.8 Å². The largest absolute Gasteiger partial charge is 0.497 e. The van der Waals surface area contributed by atoms with Gasteiger partial charge in [0.2, 0.25) is 0 Å². The van der Waals surface area contributed by atoms with E-state index in [1.165, 1.54) is 18.4 Å². The van der Waals surface area contributed by atoms with Crippen molar-refractivity contribution in [3.63, 3.8) is 0 Å². The Morgan fingerprint density at radius 1 is 1.03 bits per heavy atom. The van der Waals surface area contributed by atoms with E-state index in [2.05, 4.69) is 26.8 Å². The summed E-state index contributed by atoms with van der Waals surface area (Å²) in [5.74, 6) is 2.04. The first-order chi connectivity index (χ1) is 16.0. The van der Waals surface area contributed by atoms with Gasteiger partial charge in [0.1, 0.15) is 11.5 Å². The molecule has 4 aliphatic carbocycles. The third-order valence-corrected chi connectivity index (χ3v) is 11.2. The van der Waals surface area contributed by atoms with Crippen molar-refractivity contribution in [3.05, 3.63) is 41.5 Å². The lowest BCUT2D eigenvalue weighted by Crippen LogP contribution is -2.54. The number of allylic oxidation sites excluding steroid dienone is 1. The van der Waals surface area contributed by atoms with Crippen molar-refractivity contribution in [2.45, 2.75) is 91.5 Å². The Hall–Kier alpha value is -1.65. The molecule has 0 aromatic heterocycles. The molecule has 1 aromatic carbocycles. The molecule has 5 rings (SSSR count). The van der Waals surface area contributed by atoms with Gasteiger partial charge >= 0.3 is 0 Å². The molecule has 0 unspecified atom stereocenters. The summed E-state index contributed by atoms with van der Waals surface area (Å²) < 4.78 is 11.4. The van der Waals surface area contributed by atoms with Crippen molar-refractivity contribution >= 4 is 5.78 Å². The zero-order chi connectivity index (χ0) is 24.4. The van der Waals surface area contributed by atoms with Gasteiger partial charge in [-0.3, -0.25) is 4.79 Å². The number of ether oxygens (including phenoxy) is 2. The molecular formula is C30H42O4. The van der Waals surface area contributed by atoms with E-state index in [1.54, 1.807) is 7.11 Å². The molecular weight excluding hydrogens is 424 g/mol. The molecule has 0 bridgehead atoms. The van der Waals surface area contributed by atoms with Crippen LogP contribution in [0.5, 0.6) is 5.75 Å². The van der Waals surface area contributed by atoms with Crippen LogP contribution in [0.25, 0.3) is 0 Å². The van der Waals surface area contributed by atoms with E-state index >= 15 is 0 Å². The fourth-order valence-corrected chi connectivity index (χ4v) is 8.53. The van der Waals surface area contributed by atoms with Crippen molar-refractivity contribution < 1.29 is 19.4 Å². The molecule has 1 aromatic rings. The van der Waals surface area contributed by atoms with E-state index < -0.39 is 5.79 Å². The highest BCUT2D eigenvalue weighted by Crippen LogP contribution is 2.70. The van der Waals surface area contributed by atoms with Gasteiger partial charge in [0, 0.05) is 18.3 Å². The maximum absolute atomic E-state index is 12.7. The van der Waals surface area contributed by atoms with Gasteiger partial charge < -0.3 is 14.6 Å². The maximum atomic E-state index is 12.7. The van der Waals surface area contributed by atoms with E-state index in [0.29, 0.717) is 43.0 Å². The highest BCUT2D eigenvalue weighted by atomic mass is 16.6. The van der Waals surface area contributed by atoms with E-state index in [-0.39, 0.29) is 16.2 Å². The second kappa shape index (κ2) is 8.20. The molecule has 0 saturated heterocycles. The standard InChI is InChI=1S/C30H42O4/c1-20(31)28(3)14-13-26-24-11-8-22-18-30(32,34-19-21-6-9-23(33-5)10-7-21)17-16-27(22,2)25(24)12-15-29(26,28)4/h6-10,24-26,32H,11-19H2,1-5H3/t24-,25+,26+,27+,28-,29+,30-/m1/s1. The van der Waals surface area contributed by atoms with Crippen LogP contribution in [0, 0.1) is 34.0 Å². The number of fused-ring (bicyclic) bond motifs is 5. The molecule has 0 heterocycles. The summed E-state index contributed by atoms with van der Waals surface area (Å²) >= 11 is 0. The SMILES string of the molecule is COc1ccc(CO[C@]2(O)CC[C@@]3(C)C(=CC[C@@H]4[C@@H]3CC[C@@]3(C)[C@H]4CC[C@]3(C)C(C)=O)C2)cc1. The minimum atomic E-state index is -1.10. The van der Waals surface area contributed by atoms with Crippen molar-refractivity contribution in [2.24, 2.45) is 34.0 Å². The first-order valence-corrected chi connectivity index (χ1v) is 13.2. The van der Waals surface area contributed by atoms with Crippen LogP contribution in [0.2, 0.25) is 0 Å². The molecule has 186 valence electrons. The minimum absolute atomic E-state index is 0.124. The number of carbonyl (C=O) groups is 1. The summed E-state index contributed by atoms with van der Waals surface area (Å²) in [6.45, 7) is 9.31. The van der Waals surface area contributed by atoms with E-state index in [0.717, 1.165) is 37.0 Å². The van der Waals surface area contributed by atoms with Crippen LogP contribution in [0.3, 0.4) is 0 Å². The number of hydrogen-bond acceptors (Lipinski definition) is 4. The summed E-state index contributed by atoms with van der Waals surface area (Å²) in [4.78, 5) is 12.7. The Bertz CT molecular complexity index is 982. The van der Waals surface area contributed by atoms with Crippen LogP contribution >= 0.6 is 0 Å². The third-order valence-electron chi connectivity index (χ3n) is 11.2. The average Bonchev–Trinajstić information content (AvgIpc) is 3.11. The van der Waals surface area contributed by atoms with Crippen LogP contribution in [0.4, 0.5) is 0 Å². The molecule has 0 spiro atoms. The predicted molar refractivity (Wildman–Crippen MR) is 133 cm³/mol. The fraction of sp³-hybridized carbons (Fsp3) is 0.700. The van der Waals surface area contributed by atoms with Crippen LogP contribution in [-0.2, 0) is 16.1 Å². The quantitative estimate of drug-likeness (QED) is 0.400. The van der Waals surface area contributed by atoms with Crippen molar-refractivity contribution in [1.82, 2.24) is 0 Å². The maximum Gasteiger partial charge on any atom is 0.169 e.